The Hall–Kier alpha value is -1.75. The molecule has 0 saturated heterocycles. The summed E-state index contributed by atoms with van der Waals surface area (Å²) in [6.45, 7) is 2.75. The normalized spacial score (nSPS) is 9.24. The zero-order valence-electron chi connectivity index (χ0n) is 10.3. The van der Waals surface area contributed by atoms with Gasteiger partial charge < -0.3 is 5.32 Å². The fraction of sp³-hybridized carbons (Fsp3) is 0.400. The molecule has 1 aromatic rings. The summed E-state index contributed by atoms with van der Waals surface area (Å²) < 4.78 is 0. The highest BCUT2D eigenvalue weighted by Crippen LogP contribution is 1.99. The Morgan fingerprint density at radius 3 is 2.71 bits per heavy atom. The van der Waals surface area contributed by atoms with E-state index in [0.717, 1.165) is 24.8 Å². The number of carbonyl (C=O) groups is 1. The highest BCUT2D eigenvalue weighted by molar-refractivity contribution is 5.78. The lowest BCUT2D eigenvalue weighted by Crippen LogP contribution is -2.25. The Morgan fingerprint density at radius 2 is 2.00 bits per heavy atom. The molecule has 0 spiro atoms. The summed E-state index contributed by atoms with van der Waals surface area (Å²) >= 11 is 0. The van der Waals surface area contributed by atoms with Gasteiger partial charge in [-0.05, 0) is 12.0 Å². The molecular weight excluding hydrogens is 210 g/mol. The summed E-state index contributed by atoms with van der Waals surface area (Å²) in [6.07, 6.45) is 3.15. The van der Waals surface area contributed by atoms with Crippen molar-refractivity contribution in [2.24, 2.45) is 0 Å². The van der Waals surface area contributed by atoms with Crippen LogP contribution >= 0.6 is 0 Å². The maximum absolute atomic E-state index is 11.6. The van der Waals surface area contributed by atoms with Gasteiger partial charge in [-0.2, -0.15) is 0 Å². The fourth-order valence-corrected chi connectivity index (χ4v) is 1.46. The predicted octanol–water partition coefficient (Wildman–Crippen LogP) is 2.54. The van der Waals surface area contributed by atoms with E-state index in [9.17, 15) is 4.79 Å². The first kappa shape index (κ1) is 13.3. The van der Waals surface area contributed by atoms with Crippen LogP contribution in [-0.2, 0) is 11.2 Å². The fourth-order valence-electron chi connectivity index (χ4n) is 1.46. The maximum Gasteiger partial charge on any atom is 0.224 e. The van der Waals surface area contributed by atoms with Gasteiger partial charge in [-0.3, -0.25) is 4.79 Å². The number of carbonyl (C=O) groups excluding carboxylic acids is 1. The summed E-state index contributed by atoms with van der Waals surface area (Å²) in [7, 11) is 0. The molecule has 2 nitrogen and oxygen atoms in total. The summed E-state index contributed by atoms with van der Waals surface area (Å²) in [5.41, 5.74) is 1.05. The smallest absolute Gasteiger partial charge is 0.224 e. The van der Waals surface area contributed by atoms with Crippen LogP contribution < -0.4 is 5.32 Å². The Bertz CT molecular complexity index is 386. The first-order valence-electron chi connectivity index (χ1n) is 6.09. The van der Waals surface area contributed by atoms with E-state index >= 15 is 0 Å². The molecule has 1 rings (SSSR count). The minimum atomic E-state index is 0.0830. The van der Waals surface area contributed by atoms with Crippen molar-refractivity contribution in [3.05, 3.63) is 35.9 Å². The monoisotopic (exact) mass is 229 g/mol. The van der Waals surface area contributed by atoms with Gasteiger partial charge >= 0.3 is 0 Å². The Morgan fingerprint density at radius 1 is 1.24 bits per heavy atom. The number of rotatable bonds is 5. The average Bonchev–Trinajstić information content (AvgIpc) is 2.35. The molecule has 1 amide bonds. The molecule has 1 aromatic carbocycles. The van der Waals surface area contributed by atoms with Gasteiger partial charge in [0.25, 0.3) is 0 Å². The summed E-state index contributed by atoms with van der Waals surface area (Å²) in [6, 6.07) is 9.78. The van der Waals surface area contributed by atoms with Crippen molar-refractivity contribution >= 4 is 5.91 Å². The van der Waals surface area contributed by atoms with E-state index in [1.165, 1.54) is 0 Å². The molecule has 0 aliphatic rings. The highest BCUT2D eigenvalue weighted by Gasteiger charge is 2.00. The van der Waals surface area contributed by atoms with Crippen LogP contribution in [0, 0.1) is 11.8 Å². The molecule has 0 heterocycles. The van der Waals surface area contributed by atoms with Crippen molar-refractivity contribution in [3.63, 3.8) is 0 Å². The molecule has 0 fully saturated rings. The molecule has 1 N–H and O–H groups in total. The standard InChI is InChI=1S/C15H19NO/c1-2-3-4-5-9-12-16-15(17)13-14-10-7-6-8-11-14/h6-8,10-11H,2,5,9,12-13H2,1H3,(H,16,17). The Kier molecular flexibility index (Phi) is 6.59. The molecule has 0 aliphatic heterocycles. The molecule has 0 unspecified atom stereocenters. The second-order valence-electron chi connectivity index (χ2n) is 3.82. The van der Waals surface area contributed by atoms with Gasteiger partial charge in [-0.25, -0.2) is 0 Å². The number of nitrogens with one attached hydrogen (secondary N) is 1. The summed E-state index contributed by atoms with van der Waals surface area (Å²) in [4.78, 5) is 11.6. The molecule has 0 saturated carbocycles. The molecule has 90 valence electrons. The molecule has 0 aromatic heterocycles. The van der Waals surface area contributed by atoms with E-state index in [2.05, 4.69) is 17.2 Å². The van der Waals surface area contributed by atoms with Gasteiger partial charge in [0.1, 0.15) is 0 Å². The first-order chi connectivity index (χ1) is 8.33. The van der Waals surface area contributed by atoms with Gasteiger partial charge in [-0.15, -0.1) is 11.8 Å². The van der Waals surface area contributed by atoms with Crippen molar-refractivity contribution in [2.45, 2.75) is 32.6 Å². The number of benzene rings is 1. The van der Waals surface area contributed by atoms with E-state index in [-0.39, 0.29) is 5.91 Å². The minimum Gasteiger partial charge on any atom is -0.356 e. The molecule has 2 heteroatoms. The molecule has 0 aliphatic carbocycles. The van der Waals surface area contributed by atoms with Crippen molar-refractivity contribution in [2.75, 3.05) is 6.54 Å². The minimum absolute atomic E-state index is 0.0830. The van der Waals surface area contributed by atoms with E-state index in [1.807, 2.05) is 37.3 Å². The second-order valence-corrected chi connectivity index (χ2v) is 3.82. The molecular formula is C15H19NO. The number of amides is 1. The average molecular weight is 229 g/mol. The Balaban J connectivity index is 2.14. The van der Waals surface area contributed by atoms with Crippen LogP contribution in [0.4, 0.5) is 0 Å². The third kappa shape index (κ3) is 6.42. The van der Waals surface area contributed by atoms with E-state index in [4.69, 9.17) is 0 Å². The number of unbranched alkanes of at least 4 members (excludes halogenated alkanes) is 1. The number of hydrogen-bond acceptors (Lipinski definition) is 1. The van der Waals surface area contributed by atoms with E-state index in [1.54, 1.807) is 0 Å². The van der Waals surface area contributed by atoms with Crippen LogP contribution in [0.5, 0.6) is 0 Å². The first-order valence-corrected chi connectivity index (χ1v) is 6.09. The maximum atomic E-state index is 11.6. The van der Waals surface area contributed by atoms with Crippen molar-refractivity contribution in [3.8, 4) is 11.8 Å². The van der Waals surface area contributed by atoms with Crippen molar-refractivity contribution in [1.29, 1.82) is 0 Å². The van der Waals surface area contributed by atoms with Gasteiger partial charge in [-0.1, -0.05) is 37.3 Å². The largest absolute Gasteiger partial charge is 0.356 e. The van der Waals surface area contributed by atoms with E-state index < -0.39 is 0 Å². The third-order valence-corrected chi connectivity index (χ3v) is 2.31. The summed E-state index contributed by atoms with van der Waals surface area (Å²) in [5.74, 6) is 6.15. The van der Waals surface area contributed by atoms with Gasteiger partial charge in [0.05, 0.1) is 6.42 Å². The van der Waals surface area contributed by atoms with Crippen LogP contribution in [0.3, 0.4) is 0 Å². The third-order valence-electron chi connectivity index (χ3n) is 2.31. The van der Waals surface area contributed by atoms with Crippen LogP contribution in [0.25, 0.3) is 0 Å². The highest BCUT2D eigenvalue weighted by atomic mass is 16.1. The second kappa shape index (κ2) is 8.41. The lowest BCUT2D eigenvalue weighted by molar-refractivity contribution is -0.120. The SMILES string of the molecule is CCC#CCCCNC(=O)Cc1ccccc1. The van der Waals surface area contributed by atoms with Crippen molar-refractivity contribution < 1.29 is 4.79 Å². The Labute approximate surface area is 103 Å². The molecule has 0 radical (unpaired) electrons. The zero-order chi connectivity index (χ0) is 12.3. The van der Waals surface area contributed by atoms with Crippen molar-refractivity contribution in [1.82, 2.24) is 5.32 Å². The molecule has 0 bridgehead atoms. The molecule has 17 heavy (non-hydrogen) atoms. The summed E-state index contributed by atoms with van der Waals surface area (Å²) in [5, 5.41) is 2.90. The quantitative estimate of drug-likeness (QED) is 0.610. The van der Waals surface area contributed by atoms with Gasteiger partial charge in [0, 0.05) is 19.4 Å². The zero-order valence-corrected chi connectivity index (χ0v) is 10.3. The van der Waals surface area contributed by atoms with Crippen LogP contribution in [-0.4, -0.2) is 12.5 Å². The van der Waals surface area contributed by atoms with Gasteiger partial charge in [0.2, 0.25) is 5.91 Å². The lowest BCUT2D eigenvalue weighted by Gasteiger charge is -2.03. The lowest BCUT2D eigenvalue weighted by atomic mass is 10.1. The van der Waals surface area contributed by atoms with Crippen LogP contribution in [0.2, 0.25) is 0 Å². The number of hydrogen-bond donors (Lipinski definition) is 1. The van der Waals surface area contributed by atoms with Gasteiger partial charge in [0.15, 0.2) is 0 Å². The topological polar surface area (TPSA) is 29.1 Å². The van der Waals surface area contributed by atoms with Crippen LogP contribution in [0.1, 0.15) is 31.7 Å². The van der Waals surface area contributed by atoms with Crippen LogP contribution in [0.15, 0.2) is 30.3 Å². The van der Waals surface area contributed by atoms with E-state index in [0.29, 0.717) is 13.0 Å². The molecule has 0 atom stereocenters. The predicted molar refractivity (Wildman–Crippen MR) is 70.5 cm³/mol.